The maximum Gasteiger partial charge on any atom is 0.249 e. The lowest BCUT2D eigenvalue weighted by Gasteiger charge is -2.21. The van der Waals surface area contributed by atoms with Gasteiger partial charge >= 0.3 is 0 Å². The first-order valence-electron chi connectivity index (χ1n) is 10.9. The molecule has 0 radical (unpaired) electrons. The number of H-pyrrole nitrogens is 1. The van der Waals surface area contributed by atoms with Crippen molar-refractivity contribution >= 4 is 16.8 Å². The summed E-state index contributed by atoms with van der Waals surface area (Å²) in [6.45, 7) is 1.19. The highest BCUT2D eigenvalue weighted by molar-refractivity contribution is 5.92. The molecule has 1 aliphatic rings. The molecule has 1 aliphatic heterocycles. The Morgan fingerprint density at radius 2 is 1.68 bits per heavy atom. The number of para-hydroxylation sites is 1. The molecule has 156 valence electrons. The van der Waals surface area contributed by atoms with Crippen molar-refractivity contribution in [1.82, 2.24) is 10.3 Å². The largest absolute Gasteiger partial charge is 0.368 e. The summed E-state index contributed by atoms with van der Waals surface area (Å²) in [6.07, 6.45) is 1.42. The van der Waals surface area contributed by atoms with E-state index in [1.54, 1.807) is 0 Å². The van der Waals surface area contributed by atoms with E-state index in [1.807, 2.05) is 18.2 Å². The molecule has 3 aromatic carbocycles. The summed E-state index contributed by atoms with van der Waals surface area (Å²) in [5.74, 6) is -0.00237. The van der Waals surface area contributed by atoms with Gasteiger partial charge in [-0.05, 0) is 35.6 Å². The van der Waals surface area contributed by atoms with E-state index in [-0.39, 0.29) is 17.9 Å². The summed E-state index contributed by atoms with van der Waals surface area (Å²) in [5.41, 5.74) is 5.72. The van der Waals surface area contributed by atoms with Crippen LogP contribution in [-0.4, -0.2) is 30.1 Å². The first kappa shape index (κ1) is 19.6. The van der Waals surface area contributed by atoms with Crippen LogP contribution in [0.25, 0.3) is 22.2 Å². The quantitative estimate of drug-likeness (QED) is 0.455. The van der Waals surface area contributed by atoms with Gasteiger partial charge in [0.25, 0.3) is 0 Å². The fourth-order valence-electron chi connectivity index (χ4n) is 4.53. The molecule has 2 atom stereocenters. The molecule has 0 saturated carbocycles. The Hall–Kier alpha value is -3.37. The standard InChI is InChI=1S/C27H26N2O2/c30-27(24-16-9-17-31-24)28-18-22(19-10-3-1-4-11-19)25-21-14-7-8-15-23(21)29-26(25)20-12-5-2-6-13-20/h1-8,10-15,22,24,29H,9,16-18H2,(H,28,30). The molecule has 2 heterocycles. The molecular weight excluding hydrogens is 384 g/mol. The minimum absolute atomic E-state index is 0.0120. The first-order chi connectivity index (χ1) is 15.3. The number of fused-ring (bicyclic) bond motifs is 1. The van der Waals surface area contributed by atoms with Gasteiger partial charge in [-0.3, -0.25) is 4.79 Å². The number of ether oxygens (including phenoxy) is 1. The summed E-state index contributed by atoms with van der Waals surface area (Å²) >= 11 is 0. The molecule has 1 fully saturated rings. The summed E-state index contributed by atoms with van der Waals surface area (Å²) in [7, 11) is 0. The van der Waals surface area contributed by atoms with Gasteiger partial charge in [0, 0.05) is 30.0 Å². The Kier molecular flexibility index (Phi) is 5.55. The number of amides is 1. The fourth-order valence-corrected chi connectivity index (χ4v) is 4.53. The Morgan fingerprint density at radius 3 is 2.42 bits per heavy atom. The van der Waals surface area contributed by atoms with Crippen LogP contribution in [0.15, 0.2) is 84.9 Å². The molecule has 2 unspecified atom stereocenters. The smallest absolute Gasteiger partial charge is 0.249 e. The predicted molar refractivity (Wildman–Crippen MR) is 124 cm³/mol. The van der Waals surface area contributed by atoms with Crippen molar-refractivity contribution in [3.05, 3.63) is 96.1 Å². The van der Waals surface area contributed by atoms with Crippen molar-refractivity contribution in [2.75, 3.05) is 13.2 Å². The average Bonchev–Trinajstić information content (AvgIpc) is 3.49. The van der Waals surface area contributed by atoms with Gasteiger partial charge in [0.2, 0.25) is 5.91 Å². The van der Waals surface area contributed by atoms with Crippen LogP contribution in [0.5, 0.6) is 0 Å². The molecule has 1 amide bonds. The number of hydrogen-bond acceptors (Lipinski definition) is 2. The average molecular weight is 411 g/mol. The Labute approximate surface area is 182 Å². The molecule has 31 heavy (non-hydrogen) atoms. The summed E-state index contributed by atoms with van der Waals surface area (Å²) < 4.78 is 5.59. The van der Waals surface area contributed by atoms with E-state index >= 15 is 0 Å². The number of nitrogens with one attached hydrogen (secondary N) is 2. The predicted octanol–water partition coefficient (Wildman–Crippen LogP) is 5.26. The molecule has 1 aromatic heterocycles. The molecular formula is C27H26N2O2. The van der Waals surface area contributed by atoms with E-state index in [0.29, 0.717) is 13.2 Å². The van der Waals surface area contributed by atoms with Crippen LogP contribution in [0, 0.1) is 0 Å². The minimum Gasteiger partial charge on any atom is -0.368 e. The zero-order valence-electron chi connectivity index (χ0n) is 17.4. The summed E-state index contributed by atoms with van der Waals surface area (Å²) in [5, 5.41) is 4.36. The van der Waals surface area contributed by atoms with E-state index < -0.39 is 0 Å². The van der Waals surface area contributed by atoms with Gasteiger partial charge in [-0.25, -0.2) is 0 Å². The summed E-state index contributed by atoms with van der Waals surface area (Å²) in [6, 6.07) is 29.2. The first-order valence-corrected chi connectivity index (χ1v) is 10.9. The van der Waals surface area contributed by atoms with Gasteiger partial charge in [-0.2, -0.15) is 0 Å². The van der Waals surface area contributed by atoms with Gasteiger partial charge in [-0.1, -0.05) is 78.9 Å². The lowest BCUT2D eigenvalue weighted by molar-refractivity contribution is -0.130. The summed E-state index contributed by atoms with van der Waals surface area (Å²) in [4.78, 5) is 16.4. The van der Waals surface area contributed by atoms with Crippen LogP contribution in [0.3, 0.4) is 0 Å². The number of carbonyl (C=O) groups excluding carboxylic acids is 1. The molecule has 1 saturated heterocycles. The van der Waals surface area contributed by atoms with Crippen LogP contribution in [0.2, 0.25) is 0 Å². The molecule has 4 aromatic rings. The number of carbonyl (C=O) groups is 1. The van der Waals surface area contributed by atoms with Gasteiger partial charge in [0.05, 0.1) is 5.69 Å². The molecule has 0 spiro atoms. The van der Waals surface area contributed by atoms with Crippen molar-refractivity contribution in [1.29, 1.82) is 0 Å². The third-order valence-electron chi connectivity index (χ3n) is 6.06. The Morgan fingerprint density at radius 1 is 0.968 bits per heavy atom. The van der Waals surface area contributed by atoms with Crippen LogP contribution in [0.4, 0.5) is 0 Å². The number of aromatic nitrogens is 1. The van der Waals surface area contributed by atoms with Crippen LogP contribution in [-0.2, 0) is 9.53 Å². The van der Waals surface area contributed by atoms with Crippen molar-refractivity contribution in [2.45, 2.75) is 24.9 Å². The van der Waals surface area contributed by atoms with Crippen molar-refractivity contribution in [3.63, 3.8) is 0 Å². The second kappa shape index (κ2) is 8.78. The van der Waals surface area contributed by atoms with Crippen LogP contribution >= 0.6 is 0 Å². The second-order valence-corrected chi connectivity index (χ2v) is 8.04. The third kappa shape index (κ3) is 3.99. The highest BCUT2D eigenvalue weighted by atomic mass is 16.5. The molecule has 4 heteroatoms. The highest BCUT2D eigenvalue weighted by Gasteiger charge is 2.27. The molecule has 0 bridgehead atoms. The Balaban J connectivity index is 1.59. The normalized spacial score (nSPS) is 17.0. The van der Waals surface area contributed by atoms with Gasteiger partial charge in [0.15, 0.2) is 0 Å². The highest BCUT2D eigenvalue weighted by Crippen LogP contribution is 2.38. The van der Waals surface area contributed by atoms with Crippen molar-refractivity contribution in [2.24, 2.45) is 0 Å². The van der Waals surface area contributed by atoms with Gasteiger partial charge in [-0.15, -0.1) is 0 Å². The SMILES string of the molecule is O=C(NCC(c1ccccc1)c1c(-c2ccccc2)[nH]c2ccccc12)C1CCCO1. The zero-order chi connectivity index (χ0) is 21.0. The fraction of sp³-hybridized carbons (Fsp3) is 0.222. The maximum absolute atomic E-state index is 12.7. The zero-order valence-corrected chi connectivity index (χ0v) is 17.4. The van der Waals surface area contributed by atoms with E-state index in [4.69, 9.17) is 4.74 Å². The number of hydrogen-bond donors (Lipinski definition) is 2. The monoisotopic (exact) mass is 410 g/mol. The maximum atomic E-state index is 12.7. The van der Waals surface area contributed by atoms with Crippen molar-refractivity contribution < 1.29 is 9.53 Å². The number of benzene rings is 3. The van der Waals surface area contributed by atoms with E-state index in [0.717, 1.165) is 29.6 Å². The third-order valence-corrected chi connectivity index (χ3v) is 6.06. The molecule has 2 N–H and O–H groups in total. The minimum atomic E-state index is -0.326. The van der Waals surface area contributed by atoms with E-state index in [9.17, 15) is 4.79 Å². The van der Waals surface area contributed by atoms with Crippen LogP contribution in [0.1, 0.15) is 29.9 Å². The van der Waals surface area contributed by atoms with Crippen molar-refractivity contribution in [3.8, 4) is 11.3 Å². The number of aromatic amines is 1. The molecule has 4 nitrogen and oxygen atoms in total. The van der Waals surface area contributed by atoms with Gasteiger partial charge < -0.3 is 15.0 Å². The molecule has 0 aliphatic carbocycles. The number of rotatable bonds is 6. The lowest BCUT2D eigenvalue weighted by atomic mass is 9.87. The van der Waals surface area contributed by atoms with Crippen LogP contribution < -0.4 is 5.32 Å². The topological polar surface area (TPSA) is 54.1 Å². The van der Waals surface area contributed by atoms with E-state index in [1.165, 1.54) is 16.5 Å². The lowest BCUT2D eigenvalue weighted by Crippen LogP contribution is -2.37. The molecule has 5 rings (SSSR count). The van der Waals surface area contributed by atoms with E-state index in [2.05, 4.69) is 77.0 Å². The van der Waals surface area contributed by atoms with Gasteiger partial charge in [0.1, 0.15) is 6.10 Å². The Bertz CT molecular complexity index is 1160. The second-order valence-electron chi connectivity index (χ2n) is 8.04.